The minimum atomic E-state index is -0.781. The van der Waals surface area contributed by atoms with E-state index in [0.29, 0.717) is 17.9 Å². The summed E-state index contributed by atoms with van der Waals surface area (Å²) in [4.78, 5) is 11.6. The fourth-order valence-corrected chi connectivity index (χ4v) is 5.36. The summed E-state index contributed by atoms with van der Waals surface area (Å²) in [6, 6.07) is 4.58. The molecular formula is C26H38O3. The van der Waals surface area contributed by atoms with Gasteiger partial charge in [-0.15, -0.1) is 0 Å². The predicted molar refractivity (Wildman–Crippen MR) is 119 cm³/mol. The second kappa shape index (κ2) is 8.16. The minimum Gasteiger partial charge on any atom is -0.487 e. The van der Waals surface area contributed by atoms with Gasteiger partial charge in [-0.25, -0.2) is 4.79 Å². The molecule has 0 saturated carbocycles. The van der Waals surface area contributed by atoms with Crippen LogP contribution in [0.4, 0.5) is 0 Å². The second-order valence-corrected chi connectivity index (χ2v) is 10.3. The highest BCUT2D eigenvalue weighted by Crippen LogP contribution is 2.53. The SMILES string of the molecule is CCCCCCC(C)(C)c1cc(C)c2c(c1)OC(C)(C)C1CC=C(C(=O)O)CC21. The first-order valence-electron chi connectivity index (χ1n) is 11.3. The van der Waals surface area contributed by atoms with Gasteiger partial charge in [-0.1, -0.05) is 58.6 Å². The van der Waals surface area contributed by atoms with Crippen molar-refractivity contribution in [2.24, 2.45) is 5.92 Å². The van der Waals surface area contributed by atoms with Crippen LogP contribution in [0.5, 0.6) is 5.75 Å². The van der Waals surface area contributed by atoms with Crippen LogP contribution >= 0.6 is 0 Å². The summed E-state index contributed by atoms with van der Waals surface area (Å²) < 4.78 is 6.57. The van der Waals surface area contributed by atoms with E-state index in [2.05, 4.69) is 53.7 Å². The zero-order chi connectivity index (χ0) is 21.4. The summed E-state index contributed by atoms with van der Waals surface area (Å²) >= 11 is 0. The lowest BCUT2D eigenvalue weighted by Gasteiger charge is -2.47. The number of ether oxygens (including phenoxy) is 1. The number of carboxylic acid groups (broad SMARTS) is 1. The van der Waals surface area contributed by atoms with Crippen LogP contribution in [0.1, 0.15) is 102 Å². The topological polar surface area (TPSA) is 46.5 Å². The molecule has 1 aliphatic heterocycles. The van der Waals surface area contributed by atoms with Crippen molar-refractivity contribution in [3.63, 3.8) is 0 Å². The molecule has 0 fully saturated rings. The number of hydrogen-bond donors (Lipinski definition) is 1. The zero-order valence-corrected chi connectivity index (χ0v) is 19.1. The Hall–Kier alpha value is -1.77. The molecule has 3 nitrogen and oxygen atoms in total. The number of unbranched alkanes of at least 4 members (excludes halogenated alkanes) is 3. The van der Waals surface area contributed by atoms with Gasteiger partial charge in [-0.2, -0.15) is 0 Å². The molecule has 1 heterocycles. The lowest BCUT2D eigenvalue weighted by molar-refractivity contribution is -0.133. The summed E-state index contributed by atoms with van der Waals surface area (Å²) in [5.74, 6) is 0.715. The van der Waals surface area contributed by atoms with E-state index in [-0.39, 0.29) is 16.9 Å². The van der Waals surface area contributed by atoms with Crippen LogP contribution in [0.2, 0.25) is 0 Å². The molecule has 1 aromatic carbocycles. The molecule has 0 amide bonds. The second-order valence-electron chi connectivity index (χ2n) is 10.3. The first kappa shape index (κ1) is 21.9. The molecule has 29 heavy (non-hydrogen) atoms. The number of rotatable bonds is 7. The van der Waals surface area contributed by atoms with E-state index in [1.54, 1.807) is 0 Å². The molecule has 2 aliphatic rings. The molecule has 0 radical (unpaired) electrons. The number of carboxylic acids is 1. The van der Waals surface area contributed by atoms with Gasteiger partial charge >= 0.3 is 5.97 Å². The number of fused-ring (bicyclic) bond motifs is 3. The van der Waals surface area contributed by atoms with Crippen LogP contribution in [0.25, 0.3) is 0 Å². The Morgan fingerprint density at radius 2 is 1.97 bits per heavy atom. The molecule has 160 valence electrons. The minimum absolute atomic E-state index is 0.108. The highest BCUT2D eigenvalue weighted by molar-refractivity contribution is 5.87. The Kier molecular flexibility index (Phi) is 6.17. The Labute approximate surface area is 176 Å². The molecule has 0 bridgehead atoms. The summed E-state index contributed by atoms with van der Waals surface area (Å²) in [6.07, 6.45) is 9.55. The highest BCUT2D eigenvalue weighted by atomic mass is 16.5. The monoisotopic (exact) mass is 398 g/mol. The lowest BCUT2D eigenvalue weighted by Crippen LogP contribution is -2.46. The molecule has 1 aliphatic carbocycles. The van der Waals surface area contributed by atoms with E-state index in [0.717, 1.165) is 12.2 Å². The quantitative estimate of drug-likeness (QED) is 0.507. The number of allylic oxidation sites excluding steroid dienone is 1. The van der Waals surface area contributed by atoms with E-state index in [4.69, 9.17) is 4.74 Å². The number of carbonyl (C=O) groups is 1. The van der Waals surface area contributed by atoms with Gasteiger partial charge in [0.2, 0.25) is 0 Å². The lowest BCUT2D eigenvalue weighted by atomic mass is 9.66. The van der Waals surface area contributed by atoms with Crippen molar-refractivity contribution in [3.05, 3.63) is 40.5 Å². The average molecular weight is 399 g/mol. The van der Waals surface area contributed by atoms with E-state index < -0.39 is 5.97 Å². The van der Waals surface area contributed by atoms with Crippen molar-refractivity contribution in [1.29, 1.82) is 0 Å². The van der Waals surface area contributed by atoms with Gasteiger partial charge in [0.1, 0.15) is 11.4 Å². The maximum Gasteiger partial charge on any atom is 0.331 e. The summed E-state index contributed by atoms with van der Waals surface area (Å²) in [5.41, 5.74) is 4.17. The number of benzene rings is 1. The average Bonchev–Trinajstić information content (AvgIpc) is 2.64. The van der Waals surface area contributed by atoms with Gasteiger partial charge in [0, 0.05) is 17.1 Å². The Morgan fingerprint density at radius 3 is 2.62 bits per heavy atom. The van der Waals surface area contributed by atoms with Crippen molar-refractivity contribution in [1.82, 2.24) is 0 Å². The van der Waals surface area contributed by atoms with Crippen molar-refractivity contribution >= 4 is 5.97 Å². The maximum atomic E-state index is 11.6. The van der Waals surface area contributed by atoms with Crippen LogP contribution < -0.4 is 4.74 Å². The molecule has 2 atom stereocenters. The third-order valence-corrected chi connectivity index (χ3v) is 7.24. The molecule has 1 N–H and O–H groups in total. The molecule has 0 aromatic heterocycles. The van der Waals surface area contributed by atoms with Crippen LogP contribution in [0.3, 0.4) is 0 Å². The first-order chi connectivity index (χ1) is 13.6. The molecule has 3 rings (SSSR count). The van der Waals surface area contributed by atoms with Gasteiger partial charge < -0.3 is 9.84 Å². The zero-order valence-electron chi connectivity index (χ0n) is 19.1. The Bertz CT molecular complexity index is 800. The molecule has 0 spiro atoms. The third-order valence-electron chi connectivity index (χ3n) is 7.24. The van der Waals surface area contributed by atoms with E-state index in [1.165, 1.54) is 48.8 Å². The van der Waals surface area contributed by atoms with Gasteiger partial charge in [0.25, 0.3) is 0 Å². The van der Waals surface area contributed by atoms with Gasteiger partial charge in [-0.3, -0.25) is 0 Å². The summed E-state index contributed by atoms with van der Waals surface area (Å²) in [6.45, 7) is 13.4. The molecule has 2 unspecified atom stereocenters. The van der Waals surface area contributed by atoms with Crippen molar-refractivity contribution in [3.8, 4) is 5.75 Å². The normalized spacial score (nSPS) is 22.9. The maximum absolute atomic E-state index is 11.6. The largest absolute Gasteiger partial charge is 0.487 e. The smallest absolute Gasteiger partial charge is 0.331 e. The van der Waals surface area contributed by atoms with Crippen molar-refractivity contribution in [2.75, 3.05) is 0 Å². The first-order valence-corrected chi connectivity index (χ1v) is 11.3. The van der Waals surface area contributed by atoms with E-state index in [9.17, 15) is 9.90 Å². The Morgan fingerprint density at radius 1 is 1.24 bits per heavy atom. The summed E-state index contributed by atoms with van der Waals surface area (Å²) in [5, 5.41) is 9.55. The van der Waals surface area contributed by atoms with Gasteiger partial charge in [-0.05, 0) is 68.6 Å². The van der Waals surface area contributed by atoms with E-state index in [1.807, 2.05) is 6.08 Å². The molecule has 3 heteroatoms. The Balaban J connectivity index is 1.95. The van der Waals surface area contributed by atoms with Crippen LogP contribution in [0, 0.1) is 12.8 Å². The van der Waals surface area contributed by atoms with Crippen molar-refractivity contribution in [2.45, 2.75) is 103 Å². The van der Waals surface area contributed by atoms with Crippen LogP contribution in [-0.4, -0.2) is 16.7 Å². The van der Waals surface area contributed by atoms with Crippen molar-refractivity contribution < 1.29 is 14.6 Å². The molecule has 1 aromatic rings. The van der Waals surface area contributed by atoms with E-state index >= 15 is 0 Å². The fourth-order valence-electron chi connectivity index (χ4n) is 5.36. The fraction of sp³-hybridized carbons (Fsp3) is 0.654. The van der Waals surface area contributed by atoms with Gasteiger partial charge in [0.05, 0.1) is 0 Å². The molecular weight excluding hydrogens is 360 g/mol. The standard InChI is InChI=1S/C26H38O3/c1-7-8-9-10-13-25(3,4)19-14-17(2)23-20-15-18(24(27)28)11-12-21(20)26(5,6)29-22(23)16-19/h11,14,16,20-21H,7-10,12-13,15H2,1-6H3,(H,27,28). The predicted octanol–water partition coefficient (Wildman–Crippen LogP) is 6.92. The van der Waals surface area contributed by atoms with Crippen LogP contribution in [0.15, 0.2) is 23.8 Å². The van der Waals surface area contributed by atoms with Gasteiger partial charge in [0.15, 0.2) is 0 Å². The summed E-state index contributed by atoms with van der Waals surface area (Å²) in [7, 11) is 0. The highest BCUT2D eigenvalue weighted by Gasteiger charge is 2.46. The number of aliphatic carboxylic acids is 1. The third kappa shape index (κ3) is 4.39. The van der Waals surface area contributed by atoms with Crippen LogP contribution in [-0.2, 0) is 10.2 Å². The molecule has 0 saturated heterocycles. The number of aryl methyl sites for hydroxylation is 1. The number of hydrogen-bond acceptors (Lipinski definition) is 2.